The summed E-state index contributed by atoms with van der Waals surface area (Å²) < 4.78 is 2.09. The second-order valence-corrected chi connectivity index (χ2v) is 5.15. The topological polar surface area (TPSA) is 32.6 Å². The summed E-state index contributed by atoms with van der Waals surface area (Å²) >= 11 is 1.68. The first-order valence-electron chi connectivity index (χ1n) is 5.42. The molecular weight excluding hydrogens is 220 g/mol. The maximum atomic E-state index is 4.59. The molecule has 1 unspecified atom stereocenters. The molecule has 1 N–H and O–H groups in total. The lowest BCUT2D eigenvalue weighted by molar-refractivity contribution is 0.345. The molecule has 0 aliphatic heterocycles. The van der Waals surface area contributed by atoms with Gasteiger partial charge in [0.25, 0.3) is 0 Å². The fourth-order valence-electron chi connectivity index (χ4n) is 1.83. The van der Waals surface area contributed by atoms with Gasteiger partial charge in [-0.2, -0.15) is 0 Å². The Morgan fingerprint density at radius 1 is 1.56 bits per heavy atom. The van der Waals surface area contributed by atoms with Crippen molar-refractivity contribution in [3.05, 3.63) is 23.5 Å². The fraction of sp³-hybridized carbons (Fsp3) is 0.545. The van der Waals surface area contributed by atoms with Gasteiger partial charge in [-0.05, 0) is 21.1 Å². The predicted molar refractivity (Wildman–Crippen MR) is 68.2 cm³/mol. The average Bonchev–Trinajstić information content (AvgIpc) is 2.75. The van der Waals surface area contributed by atoms with Gasteiger partial charge in [0.1, 0.15) is 0 Å². The number of aromatic nitrogens is 2. The van der Waals surface area contributed by atoms with E-state index in [4.69, 9.17) is 0 Å². The SMILES string of the molecule is CNC(Cc1cn2ccsc2n1)CN(C)C. The molecule has 0 radical (unpaired) electrons. The number of thiazole rings is 1. The van der Waals surface area contributed by atoms with Crippen LogP contribution in [0.25, 0.3) is 4.96 Å². The van der Waals surface area contributed by atoms with Gasteiger partial charge in [-0.25, -0.2) is 4.98 Å². The Labute approximate surface area is 99.9 Å². The number of imidazole rings is 1. The third-order valence-electron chi connectivity index (χ3n) is 2.59. The number of hydrogen-bond acceptors (Lipinski definition) is 4. The molecule has 1 atom stereocenters. The van der Waals surface area contributed by atoms with Gasteiger partial charge in [0.15, 0.2) is 4.96 Å². The van der Waals surface area contributed by atoms with Crippen molar-refractivity contribution in [2.45, 2.75) is 12.5 Å². The van der Waals surface area contributed by atoms with Crippen LogP contribution in [0.2, 0.25) is 0 Å². The second-order valence-electron chi connectivity index (χ2n) is 4.28. The van der Waals surface area contributed by atoms with Gasteiger partial charge in [-0.1, -0.05) is 0 Å². The van der Waals surface area contributed by atoms with Crippen LogP contribution in [-0.4, -0.2) is 48.0 Å². The van der Waals surface area contributed by atoms with E-state index < -0.39 is 0 Å². The van der Waals surface area contributed by atoms with E-state index in [9.17, 15) is 0 Å². The van der Waals surface area contributed by atoms with E-state index in [1.807, 2.05) is 7.05 Å². The molecule has 0 saturated carbocycles. The molecule has 0 spiro atoms. The lowest BCUT2D eigenvalue weighted by Gasteiger charge is -2.19. The number of nitrogens with zero attached hydrogens (tertiary/aromatic N) is 3. The highest BCUT2D eigenvalue weighted by Crippen LogP contribution is 2.12. The molecule has 0 aromatic carbocycles. The van der Waals surface area contributed by atoms with Crippen LogP contribution in [0.5, 0.6) is 0 Å². The van der Waals surface area contributed by atoms with Crippen LogP contribution in [0.1, 0.15) is 5.69 Å². The molecule has 2 rings (SSSR count). The monoisotopic (exact) mass is 238 g/mol. The minimum absolute atomic E-state index is 0.458. The van der Waals surface area contributed by atoms with Crippen molar-refractivity contribution < 1.29 is 0 Å². The Morgan fingerprint density at radius 2 is 2.38 bits per heavy atom. The summed E-state index contributed by atoms with van der Waals surface area (Å²) in [6, 6.07) is 0.458. The van der Waals surface area contributed by atoms with Crippen molar-refractivity contribution >= 4 is 16.3 Å². The Morgan fingerprint density at radius 3 is 3.00 bits per heavy atom. The van der Waals surface area contributed by atoms with E-state index in [1.54, 1.807) is 11.3 Å². The first-order valence-corrected chi connectivity index (χ1v) is 6.30. The van der Waals surface area contributed by atoms with Gasteiger partial charge in [0.05, 0.1) is 5.69 Å². The van der Waals surface area contributed by atoms with E-state index in [0.29, 0.717) is 6.04 Å². The summed E-state index contributed by atoms with van der Waals surface area (Å²) in [4.78, 5) is 7.86. The molecule has 2 aromatic rings. The summed E-state index contributed by atoms with van der Waals surface area (Å²) in [6.07, 6.45) is 5.14. The highest BCUT2D eigenvalue weighted by Gasteiger charge is 2.11. The van der Waals surface area contributed by atoms with Gasteiger partial charge in [0.2, 0.25) is 0 Å². The number of fused-ring (bicyclic) bond motifs is 1. The molecule has 0 bridgehead atoms. The van der Waals surface area contributed by atoms with E-state index in [-0.39, 0.29) is 0 Å². The summed E-state index contributed by atoms with van der Waals surface area (Å²) in [6.45, 7) is 1.03. The predicted octanol–water partition coefficient (Wildman–Crippen LogP) is 1.09. The van der Waals surface area contributed by atoms with Crippen molar-refractivity contribution in [2.75, 3.05) is 27.7 Å². The van der Waals surface area contributed by atoms with Crippen molar-refractivity contribution in [1.82, 2.24) is 19.6 Å². The van der Waals surface area contributed by atoms with Crippen molar-refractivity contribution in [3.63, 3.8) is 0 Å². The molecule has 4 nitrogen and oxygen atoms in total. The van der Waals surface area contributed by atoms with E-state index in [1.165, 1.54) is 0 Å². The molecule has 0 aliphatic rings. The first-order chi connectivity index (χ1) is 7.69. The molecule has 0 aliphatic carbocycles. The highest BCUT2D eigenvalue weighted by atomic mass is 32.1. The maximum absolute atomic E-state index is 4.59. The molecule has 2 heterocycles. The van der Waals surface area contributed by atoms with Crippen LogP contribution >= 0.6 is 11.3 Å². The number of nitrogens with one attached hydrogen (secondary N) is 1. The van der Waals surface area contributed by atoms with Crippen LogP contribution in [0.15, 0.2) is 17.8 Å². The van der Waals surface area contributed by atoms with Crippen LogP contribution < -0.4 is 5.32 Å². The zero-order valence-corrected chi connectivity index (χ0v) is 10.8. The van der Waals surface area contributed by atoms with Crippen LogP contribution in [0, 0.1) is 0 Å². The number of likely N-dealkylation sites (N-methyl/N-ethyl adjacent to an activating group) is 2. The largest absolute Gasteiger partial charge is 0.315 e. The van der Waals surface area contributed by atoms with Crippen LogP contribution in [0.4, 0.5) is 0 Å². The van der Waals surface area contributed by atoms with E-state index in [2.05, 4.69) is 51.5 Å². The second kappa shape index (κ2) is 4.95. The molecule has 2 aromatic heterocycles. The molecular formula is C11H18N4S. The van der Waals surface area contributed by atoms with Crippen molar-refractivity contribution in [1.29, 1.82) is 0 Å². The maximum Gasteiger partial charge on any atom is 0.193 e. The normalized spacial score (nSPS) is 13.8. The minimum Gasteiger partial charge on any atom is -0.315 e. The third-order valence-corrected chi connectivity index (χ3v) is 3.36. The Hall–Kier alpha value is -0.910. The zero-order chi connectivity index (χ0) is 11.5. The summed E-state index contributed by atoms with van der Waals surface area (Å²) in [5.41, 5.74) is 1.16. The number of rotatable bonds is 5. The Balaban J connectivity index is 2.05. The Kier molecular flexibility index (Phi) is 3.58. The van der Waals surface area contributed by atoms with Gasteiger partial charge in [-0.3, -0.25) is 4.40 Å². The smallest absolute Gasteiger partial charge is 0.193 e. The third kappa shape index (κ3) is 2.61. The van der Waals surface area contributed by atoms with Crippen molar-refractivity contribution in [3.8, 4) is 0 Å². The fourth-order valence-corrected chi connectivity index (χ4v) is 2.54. The molecule has 5 heteroatoms. The summed E-state index contributed by atoms with van der Waals surface area (Å²) in [5, 5.41) is 5.39. The summed E-state index contributed by atoms with van der Waals surface area (Å²) in [7, 11) is 6.19. The van der Waals surface area contributed by atoms with Crippen LogP contribution in [-0.2, 0) is 6.42 Å². The van der Waals surface area contributed by atoms with E-state index in [0.717, 1.165) is 23.6 Å². The molecule has 16 heavy (non-hydrogen) atoms. The lowest BCUT2D eigenvalue weighted by atomic mass is 10.1. The van der Waals surface area contributed by atoms with Gasteiger partial charge >= 0.3 is 0 Å². The zero-order valence-electron chi connectivity index (χ0n) is 9.97. The van der Waals surface area contributed by atoms with Gasteiger partial charge in [-0.15, -0.1) is 11.3 Å². The Bertz CT molecular complexity index is 417. The minimum atomic E-state index is 0.458. The average molecular weight is 238 g/mol. The van der Waals surface area contributed by atoms with Crippen LogP contribution in [0.3, 0.4) is 0 Å². The first kappa shape index (κ1) is 11.6. The van der Waals surface area contributed by atoms with Gasteiger partial charge in [0, 0.05) is 36.8 Å². The quantitative estimate of drug-likeness (QED) is 0.846. The highest BCUT2D eigenvalue weighted by molar-refractivity contribution is 7.15. The van der Waals surface area contributed by atoms with E-state index >= 15 is 0 Å². The standard InChI is InChI=1S/C11H18N4S/c1-12-9(7-14(2)3)6-10-8-15-4-5-16-11(15)13-10/h4-5,8-9,12H,6-7H2,1-3H3. The van der Waals surface area contributed by atoms with Crippen molar-refractivity contribution in [2.24, 2.45) is 0 Å². The number of hydrogen-bond donors (Lipinski definition) is 1. The van der Waals surface area contributed by atoms with Gasteiger partial charge < -0.3 is 10.2 Å². The lowest BCUT2D eigenvalue weighted by Crippen LogP contribution is -2.37. The molecule has 0 fully saturated rings. The molecule has 0 amide bonds. The molecule has 88 valence electrons. The molecule has 0 saturated heterocycles. The summed E-state index contributed by atoms with van der Waals surface area (Å²) in [5.74, 6) is 0.